The standard InChI is InChI=1S/C20H18F3N7S/c1-12-24-19(31-28-12)29-10-8-20(23,16(22)11-29)26-18-25-17-15(3-2-9-30(17)27-18)13-4-6-14(21)7-5-13/h2-7,9,16H,8,10-11H2,1H3,(H,26,27)/t16-,20+/m0/s1. The average Bonchev–Trinajstić information content (AvgIpc) is 3.36. The number of hydrogen-bond donors (Lipinski definition) is 1. The van der Waals surface area contributed by atoms with Gasteiger partial charge in [0.2, 0.25) is 16.9 Å². The summed E-state index contributed by atoms with van der Waals surface area (Å²) in [5.74, 6) is -2.06. The quantitative estimate of drug-likeness (QED) is 0.479. The molecule has 1 aliphatic rings. The normalized spacial score (nSPS) is 21.5. The van der Waals surface area contributed by atoms with Crippen molar-refractivity contribution in [1.82, 2.24) is 24.0 Å². The van der Waals surface area contributed by atoms with Crippen molar-refractivity contribution in [2.45, 2.75) is 25.3 Å². The van der Waals surface area contributed by atoms with E-state index in [-0.39, 0.29) is 31.3 Å². The number of benzene rings is 1. The van der Waals surface area contributed by atoms with Crippen molar-refractivity contribution in [2.24, 2.45) is 0 Å². The second-order valence-electron chi connectivity index (χ2n) is 7.41. The van der Waals surface area contributed by atoms with Crippen molar-refractivity contribution in [3.63, 3.8) is 0 Å². The highest BCUT2D eigenvalue weighted by Gasteiger charge is 2.45. The predicted molar refractivity (Wildman–Crippen MR) is 112 cm³/mol. The number of aryl methyl sites for hydroxylation is 1. The number of fused-ring (bicyclic) bond motifs is 1. The average molecular weight is 445 g/mol. The molecular formula is C20H18F3N7S. The smallest absolute Gasteiger partial charge is 0.245 e. The van der Waals surface area contributed by atoms with E-state index >= 15 is 4.39 Å². The SMILES string of the molecule is Cc1nsc(N2CC[C@@](F)(Nc3nc4c(-c5ccc(F)cc5)cccn4n3)[C@@H](F)C2)n1. The molecule has 0 unspecified atom stereocenters. The van der Waals surface area contributed by atoms with E-state index in [0.717, 1.165) is 5.56 Å². The molecule has 3 aromatic heterocycles. The third kappa shape index (κ3) is 3.69. The lowest BCUT2D eigenvalue weighted by molar-refractivity contribution is 0.0560. The molecule has 4 heterocycles. The first-order chi connectivity index (χ1) is 14.9. The Morgan fingerprint density at radius 1 is 1.19 bits per heavy atom. The van der Waals surface area contributed by atoms with Gasteiger partial charge < -0.3 is 10.2 Å². The van der Waals surface area contributed by atoms with Crippen LogP contribution in [0.25, 0.3) is 16.8 Å². The van der Waals surface area contributed by atoms with Crippen LogP contribution in [0.5, 0.6) is 0 Å². The Bertz CT molecular complexity index is 1230. The molecule has 11 heteroatoms. The second kappa shape index (κ2) is 7.49. The van der Waals surface area contributed by atoms with Crippen LogP contribution in [-0.2, 0) is 0 Å². The monoisotopic (exact) mass is 445 g/mol. The molecule has 0 amide bonds. The fourth-order valence-electron chi connectivity index (χ4n) is 3.61. The van der Waals surface area contributed by atoms with Crippen LogP contribution in [-0.4, -0.2) is 49.0 Å². The molecule has 0 spiro atoms. The van der Waals surface area contributed by atoms with Gasteiger partial charge in [0.05, 0.1) is 6.54 Å². The molecular weight excluding hydrogens is 427 g/mol. The number of nitrogens with one attached hydrogen (secondary N) is 1. The lowest BCUT2D eigenvalue weighted by Gasteiger charge is -2.38. The first-order valence-corrected chi connectivity index (χ1v) is 10.5. The third-order valence-corrected chi connectivity index (χ3v) is 6.12. The molecule has 5 rings (SSSR count). The Labute approximate surface area is 179 Å². The molecule has 1 aromatic carbocycles. The number of anilines is 2. The van der Waals surface area contributed by atoms with Crippen LogP contribution in [0.1, 0.15) is 12.2 Å². The van der Waals surface area contributed by atoms with Crippen molar-refractivity contribution in [3.8, 4) is 11.1 Å². The minimum atomic E-state index is -2.31. The number of halogens is 3. The highest BCUT2D eigenvalue weighted by Crippen LogP contribution is 2.33. The maximum atomic E-state index is 15.5. The highest BCUT2D eigenvalue weighted by molar-refractivity contribution is 7.09. The zero-order valence-corrected chi connectivity index (χ0v) is 17.3. The fourth-order valence-corrected chi connectivity index (χ4v) is 4.32. The highest BCUT2D eigenvalue weighted by atomic mass is 32.1. The molecule has 0 radical (unpaired) electrons. The molecule has 7 nitrogen and oxygen atoms in total. The molecule has 4 aromatic rings. The molecule has 0 aliphatic carbocycles. The summed E-state index contributed by atoms with van der Waals surface area (Å²) in [7, 11) is 0. The Hall–Kier alpha value is -3.21. The van der Waals surface area contributed by atoms with E-state index in [1.807, 2.05) is 6.07 Å². The summed E-state index contributed by atoms with van der Waals surface area (Å²) in [6.45, 7) is 1.90. The molecule has 0 saturated carbocycles. The first kappa shape index (κ1) is 19.7. The van der Waals surface area contributed by atoms with Crippen LogP contribution in [0.15, 0.2) is 42.6 Å². The van der Waals surface area contributed by atoms with Gasteiger partial charge in [0.15, 0.2) is 11.8 Å². The summed E-state index contributed by atoms with van der Waals surface area (Å²) in [5, 5.41) is 7.39. The number of hydrogen-bond acceptors (Lipinski definition) is 7. The number of alkyl halides is 2. The van der Waals surface area contributed by atoms with Gasteiger partial charge in [0.1, 0.15) is 11.6 Å². The number of pyridine rings is 1. The van der Waals surface area contributed by atoms with E-state index in [1.54, 1.807) is 36.2 Å². The first-order valence-electron chi connectivity index (χ1n) is 9.69. The Balaban J connectivity index is 1.39. The Morgan fingerprint density at radius 2 is 2.00 bits per heavy atom. The predicted octanol–water partition coefficient (Wildman–Crippen LogP) is 4.02. The van der Waals surface area contributed by atoms with Crippen LogP contribution in [0.2, 0.25) is 0 Å². The topological polar surface area (TPSA) is 71.2 Å². The van der Waals surface area contributed by atoms with Gasteiger partial charge in [-0.05, 0) is 36.8 Å². The summed E-state index contributed by atoms with van der Waals surface area (Å²) in [6.07, 6.45) is -0.250. The van der Waals surface area contributed by atoms with Crippen molar-refractivity contribution < 1.29 is 13.2 Å². The molecule has 2 atom stereocenters. The van der Waals surface area contributed by atoms with Crippen LogP contribution >= 0.6 is 11.5 Å². The van der Waals surface area contributed by atoms with Gasteiger partial charge >= 0.3 is 0 Å². The number of rotatable bonds is 4. The Morgan fingerprint density at radius 3 is 2.71 bits per heavy atom. The van der Waals surface area contributed by atoms with Crippen molar-refractivity contribution in [2.75, 3.05) is 23.3 Å². The van der Waals surface area contributed by atoms with Crippen LogP contribution in [0, 0.1) is 12.7 Å². The van der Waals surface area contributed by atoms with E-state index in [0.29, 0.717) is 22.2 Å². The fraction of sp³-hybridized carbons (Fsp3) is 0.300. The summed E-state index contributed by atoms with van der Waals surface area (Å²) < 4.78 is 49.2. The number of nitrogens with zero attached hydrogens (tertiary/aromatic N) is 6. The minimum Gasteiger partial charge on any atom is -0.344 e. The van der Waals surface area contributed by atoms with Gasteiger partial charge in [-0.1, -0.05) is 12.1 Å². The summed E-state index contributed by atoms with van der Waals surface area (Å²) in [6, 6.07) is 9.54. The molecule has 1 fully saturated rings. The minimum absolute atomic E-state index is 0.0140. The van der Waals surface area contributed by atoms with Crippen LogP contribution < -0.4 is 10.2 Å². The van der Waals surface area contributed by atoms with E-state index in [9.17, 15) is 8.78 Å². The van der Waals surface area contributed by atoms with E-state index < -0.39 is 12.0 Å². The molecule has 0 bridgehead atoms. The maximum absolute atomic E-state index is 15.5. The number of piperidine rings is 1. The largest absolute Gasteiger partial charge is 0.344 e. The van der Waals surface area contributed by atoms with Crippen LogP contribution in [0.3, 0.4) is 0 Å². The zero-order chi connectivity index (χ0) is 21.6. The molecule has 160 valence electrons. The van der Waals surface area contributed by atoms with Gasteiger partial charge in [0.25, 0.3) is 0 Å². The Kier molecular flexibility index (Phi) is 4.77. The summed E-state index contributed by atoms with van der Waals surface area (Å²) in [5.41, 5.74) is 1.90. The lowest BCUT2D eigenvalue weighted by atomic mass is 10.0. The van der Waals surface area contributed by atoms with Gasteiger partial charge in [0, 0.05) is 36.3 Å². The zero-order valence-electron chi connectivity index (χ0n) is 16.5. The summed E-state index contributed by atoms with van der Waals surface area (Å²) in [4.78, 5) is 10.3. The molecule has 31 heavy (non-hydrogen) atoms. The van der Waals surface area contributed by atoms with Crippen molar-refractivity contribution in [1.29, 1.82) is 0 Å². The molecule has 1 aliphatic heterocycles. The van der Waals surface area contributed by atoms with E-state index in [1.165, 1.54) is 28.2 Å². The number of aromatic nitrogens is 5. The summed E-state index contributed by atoms with van der Waals surface area (Å²) >= 11 is 1.17. The van der Waals surface area contributed by atoms with Gasteiger partial charge in [-0.15, -0.1) is 5.10 Å². The van der Waals surface area contributed by atoms with Crippen molar-refractivity contribution >= 4 is 28.3 Å². The molecule has 1 N–H and O–H groups in total. The van der Waals surface area contributed by atoms with Crippen molar-refractivity contribution in [3.05, 3.63) is 54.2 Å². The van der Waals surface area contributed by atoms with Gasteiger partial charge in [-0.3, -0.25) is 0 Å². The molecule has 1 saturated heterocycles. The maximum Gasteiger partial charge on any atom is 0.245 e. The third-order valence-electron chi connectivity index (χ3n) is 5.25. The van der Waals surface area contributed by atoms with E-state index in [4.69, 9.17) is 0 Å². The van der Waals surface area contributed by atoms with Gasteiger partial charge in [-0.2, -0.15) is 9.36 Å². The second-order valence-corrected chi connectivity index (χ2v) is 8.14. The lowest BCUT2D eigenvalue weighted by Crippen LogP contribution is -2.55. The van der Waals surface area contributed by atoms with Crippen LogP contribution in [0.4, 0.5) is 24.3 Å². The van der Waals surface area contributed by atoms with E-state index in [2.05, 4.69) is 24.8 Å². The van der Waals surface area contributed by atoms with Gasteiger partial charge in [-0.25, -0.2) is 22.7 Å².